The molecule has 0 aromatic carbocycles. The van der Waals surface area contributed by atoms with E-state index in [4.69, 9.17) is 11.6 Å². The van der Waals surface area contributed by atoms with E-state index < -0.39 is 5.60 Å². The molecule has 3 heterocycles. The molecule has 0 saturated heterocycles. The molecular weight excluding hydrogens is 352 g/mol. The molecule has 3 aromatic heterocycles. The molecule has 3 aromatic rings. The minimum absolute atomic E-state index is 0.153. The van der Waals surface area contributed by atoms with Crippen LogP contribution >= 0.6 is 11.6 Å². The molecule has 0 saturated carbocycles. The molecule has 26 heavy (non-hydrogen) atoms. The van der Waals surface area contributed by atoms with Gasteiger partial charge in [0, 0.05) is 18.1 Å². The number of hydrogen-bond acceptors (Lipinski definition) is 5. The highest BCUT2D eigenvalue weighted by Gasteiger charge is 2.20. The van der Waals surface area contributed by atoms with Crippen LogP contribution in [0.3, 0.4) is 0 Å². The summed E-state index contributed by atoms with van der Waals surface area (Å²) in [4.78, 5) is 25.5. The number of halogens is 1. The Morgan fingerprint density at radius 2 is 1.85 bits per heavy atom. The predicted octanol–water partition coefficient (Wildman–Crippen LogP) is 3.19. The Kier molecular flexibility index (Phi) is 4.64. The first-order chi connectivity index (χ1) is 12.2. The first-order valence-corrected chi connectivity index (χ1v) is 8.48. The van der Waals surface area contributed by atoms with Crippen molar-refractivity contribution in [2.24, 2.45) is 0 Å². The van der Waals surface area contributed by atoms with Crippen molar-refractivity contribution >= 4 is 11.6 Å². The van der Waals surface area contributed by atoms with Crippen LogP contribution in [0.1, 0.15) is 30.9 Å². The Labute approximate surface area is 156 Å². The summed E-state index contributed by atoms with van der Waals surface area (Å²) in [5.41, 5.74) is 1.97. The van der Waals surface area contributed by atoms with Gasteiger partial charge >= 0.3 is 0 Å². The fourth-order valence-corrected chi connectivity index (χ4v) is 2.74. The number of hydrogen-bond donors (Lipinski definition) is 1. The first-order valence-electron chi connectivity index (χ1n) is 8.10. The van der Waals surface area contributed by atoms with Crippen LogP contribution in [-0.4, -0.2) is 24.6 Å². The van der Waals surface area contributed by atoms with Crippen molar-refractivity contribution in [3.8, 4) is 17.1 Å². The zero-order valence-electron chi connectivity index (χ0n) is 15.0. The standard InChI is InChI=1S/C19H19ClN4O2/c1-11-10-22-15(14-7-8-21-18(23-14)19(3,4)26)9-16(11)24-12(2)5-6-13(20)17(24)25/h5-10,26H,1-4H3. The SMILES string of the molecule is Cc1cnc(-c2ccnc(C(C)(C)O)n2)cc1-n1c(C)ccc(Cl)c1=O. The van der Waals surface area contributed by atoms with Crippen LogP contribution in [0.25, 0.3) is 17.1 Å². The lowest BCUT2D eigenvalue weighted by molar-refractivity contribution is 0.0688. The lowest BCUT2D eigenvalue weighted by atomic mass is 10.1. The van der Waals surface area contributed by atoms with E-state index in [0.717, 1.165) is 11.3 Å². The Bertz CT molecular complexity index is 1040. The van der Waals surface area contributed by atoms with Gasteiger partial charge < -0.3 is 5.11 Å². The quantitative estimate of drug-likeness (QED) is 0.765. The molecule has 0 aliphatic heterocycles. The average Bonchev–Trinajstić information content (AvgIpc) is 2.59. The molecule has 3 rings (SSSR count). The molecule has 0 spiro atoms. The summed E-state index contributed by atoms with van der Waals surface area (Å²) in [5.74, 6) is 0.301. The summed E-state index contributed by atoms with van der Waals surface area (Å²) < 4.78 is 1.56. The maximum Gasteiger partial charge on any atom is 0.274 e. The lowest BCUT2D eigenvalue weighted by Gasteiger charge is -2.16. The van der Waals surface area contributed by atoms with Gasteiger partial charge in [-0.3, -0.25) is 14.3 Å². The molecule has 0 bridgehead atoms. The van der Waals surface area contributed by atoms with Crippen LogP contribution in [0.4, 0.5) is 0 Å². The van der Waals surface area contributed by atoms with Gasteiger partial charge in [-0.1, -0.05) is 11.6 Å². The summed E-state index contributed by atoms with van der Waals surface area (Å²) in [5, 5.41) is 10.3. The van der Waals surface area contributed by atoms with Crippen molar-refractivity contribution < 1.29 is 5.11 Å². The largest absolute Gasteiger partial charge is 0.382 e. The molecule has 0 aliphatic rings. The zero-order valence-corrected chi connectivity index (χ0v) is 15.7. The van der Waals surface area contributed by atoms with Crippen molar-refractivity contribution in [2.45, 2.75) is 33.3 Å². The number of rotatable bonds is 3. The maximum absolute atomic E-state index is 12.5. The fraction of sp³-hybridized carbons (Fsp3) is 0.263. The summed E-state index contributed by atoms with van der Waals surface area (Å²) in [6.45, 7) is 6.96. The summed E-state index contributed by atoms with van der Waals surface area (Å²) in [6, 6.07) is 6.88. The van der Waals surface area contributed by atoms with E-state index in [0.29, 0.717) is 22.9 Å². The van der Waals surface area contributed by atoms with Gasteiger partial charge in [-0.2, -0.15) is 0 Å². The van der Waals surface area contributed by atoms with Crippen LogP contribution in [0.2, 0.25) is 5.02 Å². The molecule has 6 nitrogen and oxygen atoms in total. The molecule has 7 heteroatoms. The molecule has 1 N–H and O–H groups in total. The Morgan fingerprint density at radius 1 is 1.12 bits per heavy atom. The summed E-state index contributed by atoms with van der Waals surface area (Å²) in [7, 11) is 0. The van der Waals surface area contributed by atoms with Crippen molar-refractivity contribution in [3.63, 3.8) is 0 Å². The number of aliphatic hydroxyl groups is 1. The molecule has 0 atom stereocenters. The zero-order chi connectivity index (χ0) is 19.1. The maximum atomic E-state index is 12.5. The van der Waals surface area contributed by atoms with Gasteiger partial charge in [-0.05, 0) is 57.5 Å². The number of nitrogens with zero attached hydrogens (tertiary/aromatic N) is 4. The molecule has 0 fully saturated rings. The van der Waals surface area contributed by atoms with Gasteiger partial charge in [-0.15, -0.1) is 0 Å². The molecule has 0 unspecified atom stereocenters. The monoisotopic (exact) mass is 370 g/mol. The molecular formula is C19H19ClN4O2. The van der Waals surface area contributed by atoms with E-state index in [1.807, 2.05) is 13.8 Å². The van der Waals surface area contributed by atoms with Gasteiger partial charge in [0.2, 0.25) is 0 Å². The second-order valence-electron chi connectivity index (χ2n) is 6.64. The van der Waals surface area contributed by atoms with E-state index in [1.54, 1.807) is 55.1 Å². The molecule has 0 aliphatic carbocycles. The Morgan fingerprint density at radius 3 is 2.54 bits per heavy atom. The first kappa shape index (κ1) is 18.2. The molecule has 0 radical (unpaired) electrons. The lowest BCUT2D eigenvalue weighted by Crippen LogP contribution is -2.22. The van der Waals surface area contributed by atoms with E-state index in [9.17, 15) is 9.90 Å². The Hall–Kier alpha value is -2.57. The minimum atomic E-state index is -1.16. The predicted molar refractivity (Wildman–Crippen MR) is 101 cm³/mol. The van der Waals surface area contributed by atoms with Gasteiger partial charge in [-0.25, -0.2) is 9.97 Å². The normalized spacial score (nSPS) is 11.6. The molecule has 0 amide bonds. The van der Waals surface area contributed by atoms with Gasteiger partial charge in [0.1, 0.15) is 10.6 Å². The van der Waals surface area contributed by atoms with E-state index in [1.165, 1.54) is 0 Å². The second kappa shape index (κ2) is 6.63. The number of aromatic nitrogens is 4. The molecule has 134 valence electrons. The average molecular weight is 371 g/mol. The van der Waals surface area contributed by atoms with Crippen molar-refractivity contribution in [3.05, 3.63) is 69.1 Å². The number of pyridine rings is 2. The minimum Gasteiger partial charge on any atom is -0.382 e. The van der Waals surface area contributed by atoms with Crippen LogP contribution in [-0.2, 0) is 5.60 Å². The Balaban J connectivity index is 2.20. The van der Waals surface area contributed by atoms with Gasteiger partial charge in [0.05, 0.1) is 17.1 Å². The third kappa shape index (κ3) is 3.38. The van der Waals surface area contributed by atoms with Gasteiger partial charge in [0.25, 0.3) is 5.56 Å². The third-order valence-electron chi connectivity index (χ3n) is 4.01. The van der Waals surface area contributed by atoms with Crippen molar-refractivity contribution in [1.29, 1.82) is 0 Å². The second-order valence-corrected chi connectivity index (χ2v) is 7.05. The van der Waals surface area contributed by atoms with Crippen LogP contribution in [0.5, 0.6) is 0 Å². The van der Waals surface area contributed by atoms with Crippen LogP contribution in [0.15, 0.2) is 41.5 Å². The topological polar surface area (TPSA) is 80.9 Å². The highest BCUT2D eigenvalue weighted by molar-refractivity contribution is 6.30. The highest BCUT2D eigenvalue weighted by atomic mass is 35.5. The van der Waals surface area contributed by atoms with Crippen LogP contribution < -0.4 is 5.56 Å². The highest BCUT2D eigenvalue weighted by Crippen LogP contribution is 2.23. The summed E-state index contributed by atoms with van der Waals surface area (Å²) >= 11 is 6.02. The van der Waals surface area contributed by atoms with Crippen molar-refractivity contribution in [2.75, 3.05) is 0 Å². The van der Waals surface area contributed by atoms with Crippen molar-refractivity contribution in [1.82, 2.24) is 19.5 Å². The van der Waals surface area contributed by atoms with E-state index >= 15 is 0 Å². The van der Waals surface area contributed by atoms with Crippen LogP contribution in [0, 0.1) is 13.8 Å². The third-order valence-corrected chi connectivity index (χ3v) is 4.30. The van der Waals surface area contributed by atoms with E-state index in [2.05, 4.69) is 15.0 Å². The summed E-state index contributed by atoms with van der Waals surface area (Å²) in [6.07, 6.45) is 3.26. The fourth-order valence-electron chi connectivity index (χ4n) is 2.60. The smallest absolute Gasteiger partial charge is 0.274 e. The van der Waals surface area contributed by atoms with Gasteiger partial charge in [0.15, 0.2) is 5.82 Å². The van der Waals surface area contributed by atoms with E-state index in [-0.39, 0.29) is 10.6 Å². The number of aryl methyl sites for hydroxylation is 2.